The fourth-order valence-electron chi connectivity index (χ4n) is 1.53. The molecule has 2 rings (SSSR count). The van der Waals surface area contributed by atoms with Crippen LogP contribution in [0.1, 0.15) is 28.6 Å². The van der Waals surface area contributed by atoms with Gasteiger partial charge in [-0.15, -0.1) is 11.3 Å². The third kappa shape index (κ3) is 2.74. The Morgan fingerprint density at radius 1 is 1.24 bits per heavy atom. The van der Waals surface area contributed by atoms with Crippen LogP contribution in [0.2, 0.25) is 0 Å². The molecule has 0 radical (unpaired) electrons. The summed E-state index contributed by atoms with van der Waals surface area (Å²) in [6.07, 6.45) is 0.932. The first-order valence-corrected chi connectivity index (χ1v) is 6.51. The van der Waals surface area contributed by atoms with Gasteiger partial charge in [-0.1, -0.05) is 25.1 Å². The lowest BCUT2D eigenvalue weighted by Crippen LogP contribution is -2.04. The minimum atomic E-state index is 0.0340. The quantitative estimate of drug-likeness (QED) is 0.751. The number of thiophene rings is 1. The van der Waals surface area contributed by atoms with Crippen LogP contribution in [0.3, 0.4) is 0 Å². The zero-order chi connectivity index (χ0) is 12.1. The number of para-hydroxylation sites is 1. The Morgan fingerprint density at radius 3 is 2.76 bits per heavy atom. The van der Waals surface area contributed by atoms with E-state index in [4.69, 9.17) is 4.74 Å². The largest absolute Gasteiger partial charge is 0.493 e. The molecule has 88 valence electrons. The molecule has 3 heteroatoms. The molecule has 0 aliphatic heterocycles. The molecule has 0 saturated carbocycles. The molecule has 0 N–H and O–H groups in total. The van der Waals surface area contributed by atoms with Crippen molar-refractivity contribution in [2.75, 3.05) is 6.61 Å². The molecule has 1 aromatic carbocycles. The average molecular weight is 246 g/mol. The number of rotatable bonds is 5. The SMILES string of the molecule is CCCOc1ccccc1C(=O)c1cccs1. The Bertz CT molecular complexity index is 489. The summed E-state index contributed by atoms with van der Waals surface area (Å²) in [4.78, 5) is 13.0. The van der Waals surface area contributed by atoms with Crippen LogP contribution < -0.4 is 4.74 Å². The number of ketones is 1. The van der Waals surface area contributed by atoms with E-state index in [1.807, 2.05) is 48.7 Å². The maximum Gasteiger partial charge on any atom is 0.206 e. The molecule has 0 bridgehead atoms. The fraction of sp³-hybridized carbons (Fsp3) is 0.214. The first kappa shape index (κ1) is 11.9. The van der Waals surface area contributed by atoms with Crippen molar-refractivity contribution in [2.45, 2.75) is 13.3 Å². The molecule has 0 aliphatic rings. The first-order chi connectivity index (χ1) is 8.33. The molecule has 0 fully saturated rings. The van der Waals surface area contributed by atoms with Crippen LogP contribution >= 0.6 is 11.3 Å². The van der Waals surface area contributed by atoms with Gasteiger partial charge in [-0.25, -0.2) is 0 Å². The molecule has 0 unspecified atom stereocenters. The Hall–Kier alpha value is -1.61. The van der Waals surface area contributed by atoms with Crippen LogP contribution in [0, 0.1) is 0 Å². The van der Waals surface area contributed by atoms with Crippen molar-refractivity contribution in [1.29, 1.82) is 0 Å². The van der Waals surface area contributed by atoms with Gasteiger partial charge in [0.1, 0.15) is 5.75 Å². The number of benzene rings is 1. The van der Waals surface area contributed by atoms with E-state index < -0.39 is 0 Å². The average Bonchev–Trinajstić information content (AvgIpc) is 2.89. The van der Waals surface area contributed by atoms with Crippen molar-refractivity contribution in [2.24, 2.45) is 0 Å². The third-order valence-electron chi connectivity index (χ3n) is 2.34. The fourth-order valence-corrected chi connectivity index (χ4v) is 2.21. The molecule has 17 heavy (non-hydrogen) atoms. The zero-order valence-corrected chi connectivity index (χ0v) is 10.5. The van der Waals surface area contributed by atoms with Crippen LogP contribution in [0.4, 0.5) is 0 Å². The molecule has 0 saturated heterocycles. The highest BCUT2D eigenvalue weighted by molar-refractivity contribution is 7.12. The van der Waals surface area contributed by atoms with E-state index in [0.717, 1.165) is 11.3 Å². The topological polar surface area (TPSA) is 26.3 Å². The lowest BCUT2D eigenvalue weighted by atomic mass is 10.1. The maximum absolute atomic E-state index is 12.2. The minimum Gasteiger partial charge on any atom is -0.493 e. The van der Waals surface area contributed by atoms with Crippen molar-refractivity contribution in [1.82, 2.24) is 0 Å². The second-order valence-corrected chi connectivity index (χ2v) is 4.60. The maximum atomic E-state index is 12.2. The van der Waals surface area contributed by atoms with E-state index in [0.29, 0.717) is 17.9 Å². The van der Waals surface area contributed by atoms with Gasteiger partial charge < -0.3 is 4.74 Å². The first-order valence-electron chi connectivity index (χ1n) is 5.63. The van der Waals surface area contributed by atoms with Crippen molar-refractivity contribution >= 4 is 17.1 Å². The number of hydrogen-bond donors (Lipinski definition) is 0. The van der Waals surface area contributed by atoms with Gasteiger partial charge in [0.05, 0.1) is 17.0 Å². The van der Waals surface area contributed by atoms with Gasteiger partial charge >= 0.3 is 0 Å². The second kappa shape index (κ2) is 5.64. The summed E-state index contributed by atoms with van der Waals surface area (Å²) in [5.74, 6) is 0.708. The summed E-state index contributed by atoms with van der Waals surface area (Å²) in [5.41, 5.74) is 0.642. The Morgan fingerprint density at radius 2 is 2.06 bits per heavy atom. The van der Waals surface area contributed by atoms with Gasteiger partial charge in [-0.3, -0.25) is 4.79 Å². The van der Waals surface area contributed by atoms with Crippen LogP contribution in [0.15, 0.2) is 41.8 Å². The molecule has 1 aromatic heterocycles. The second-order valence-electron chi connectivity index (χ2n) is 3.65. The number of carbonyl (C=O) groups excluding carboxylic acids is 1. The van der Waals surface area contributed by atoms with Gasteiger partial charge in [0.2, 0.25) is 5.78 Å². The minimum absolute atomic E-state index is 0.0340. The predicted molar refractivity (Wildman–Crippen MR) is 70.0 cm³/mol. The molecule has 0 aliphatic carbocycles. The van der Waals surface area contributed by atoms with Crippen molar-refractivity contribution in [3.8, 4) is 5.75 Å². The number of ether oxygens (including phenoxy) is 1. The summed E-state index contributed by atoms with van der Waals surface area (Å²) in [6.45, 7) is 2.68. The van der Waals surface area contributed by atoms with Crippen molar-refractivity contribution in [3.05, 3.63) is 52.2 Å². The highest BCUT2D eigenvalue weighted by Gasteiger charge is 2.14. The van der Waals surface area contributed by atoms with Crippen LogP contribution in [-0.4, -0.2) is 12.4 Å². The Balaban J connectivity index is 2.28. The molecule has 2 nitrogen and oxygen atoms in total. The van der Waals surface area contributed by atoms with Gasteiger partial charge in [0.15, 0.2) is 0 Å². The van der Waals surface area contributed by atoms with Gasteiger partial charge in [0.25, 0.3) is 0 Å². The van der Waals surface area contributed by atoms with E-state index in [-0.39, 0.29) is 5.78 Å². The van der Waals surface area contributed by atoms with E-state index in [9.17, 15) is 4.79 Å². The van der Waals surface area contributed by atoms with Crippen LogP contribution in [0.5, 0.6) is 5.75 Å². The van der Waals surface area contributed by atoms with Crippen LogP contribution in [0.25, 0.3) is 0 Å². The number of hydrogen-bond acceptors (Lipinski definition) is 3. The lowest BCUT2D eigenvalue weighted by Gasteiger charge is -2.08. The number of carbonyl (C=O) groups is 1. The Labute approximate surface area is 105 Å². The third-order valence-corrected chi connectivity index (χ3v) is 3.21. The molecule has 1 heterocycles. The van der Waals surface area contributed by atoms with Gasteiger partial charge in [-0.2, -0.15) is 0 Å². The molecular formula is C14H14O2S. The Kier molecular flexibility index (Phi) is 3.94. The summed E-state index contributed by atoms with van der Waals surface area (Å²) < 4.78 is 5.59. The zero-order valence-electron chi connectivity index (χ0n) is 9.68. The smallest absolute Gasteiger partial charge is 0.206 e. The van der Waals surface area contributed by atoms with E-state index in [2.05, 4.69) is 0 Å². The predicted octanol–water partition coefficient (Wildman–Crippen LogP) is 3.77. The van der Waals surface area contributed by atoms with E-state index in [1.54, 1.807) is 0 Å². The van der Waals surface area contributed by atoms with E-state index in [1.165, 1.54) is 11.3 Å². The van der Waals surface area contributed by atoms with Gasteiger partial charge in [-0.05, 0) is 30.0 Å². The molecule has 0 amide bonds. The van der Waals surface area contributed by atoms with Crippen molar-refractivity contribution in [3.63, 3.8) is 0 Å². The summed E-state index contributed by atoms with van der Waals surface area (Å²) in [7, 11) is 0. The highest BCUT2D eigenvalue weighted by atomic mass is 32.1. The summed E-state index contributed by atoms with van der Waals surface area (Å²) >= 11 is 1.45. The highest BCUT2D eigenvalue weighted by Crippen LogP contribution is 2.23. The molecular weight excluding hydrogens is 232 g/mol. The lowest BCUT2D eigenvalue weighted by molar-refractivity contribution is 0.103. The van der Waals surface area contributed by atoms with Gasteiger partial charge in [0, 0.05) is 0 Å². The molecule has 0 spiro atoms. The van der Waals surface area contributed by atoms with Crippen molar-refractivity contribution < 1.29 is 9.53 Å². The summed E-state index contributed by atoms with van der Waals surface area (Å²) in [6, 6.07) is 11.1. The normalized spacial score (nSPS) is 10.2. The van der Waals surface area contributed by atoms with Crippen LogP contribution in [-0.2, 0) is 0 Å². The molecule has 2 aromatic rings. The monoisotopic (exact) mass is 246 g/mol. The molecule has 0 atom stereocenters. The van der Waals surface area contributed by atoms with E-state index >= 15 is 0 Å². The summed E-state index contributed by atoms with van der Waals surface area (Å²) in [5, 5.41) is 1.91. The standard InChI is InChI=1S/C14H14O2S/c1-2-9-16-12-7-4-3-6-11(12)14(15)13-8-5-10-17-13/h3-8,10H,2,9H2,1H3.